The van der Waals surface area contributed by atoms with Gasteiger partial charge in [-0.25, -0.2) is 15.0 Å². The fourth-order valence-corrected chi connectivity index (χ4v) is 10.8. The first-order chi connectivity index (χ1) is 32.6. The van der Waals surface area contributed by atoms with Gasteiger partial charge in [0.1, 0.15) is 17.9 Å². The maximum absolute atomic E-state index is 12.6. The van der Waals surface area contributed by atoms with Gasteiger partial charge in [0.05, 0.1) is 38.2 Å². The van der Waals surface area contributed by atoms with E-state index in [0.29, 0.717) is 11.4 Å². The van der Waals surface area contributed by atoms with Crippen LogP contribution in [0.2, 0.25) is 0 Å². The molecule has 10 rings (SSSR count). The van der Waals surface area contributed by atoms with Crippen LogP contribution in [0.15, 0.2) is 152 Å². The van der Waals surface area contributed by atoms with Gasteiger partial charge in [0.2, 0.25) is 0 Å². The Morgan fingerprint density at radius 1 is 0.464 bits per heavy atom. The molecule has 0 radical (unpaired) electrons. The van der Waals surface area contributed by atoms with E-state index in [2.05, 4.69) is 233 Å². The number of phenols is 1. The molecule has 3 heterocycles. The summed E-state index contributed by atoms with van der Waals surface area (Å²) in [5.41, 5.74) is 16.7. The van der Waals surface area contributed by atoms with Crippen LogP contribution in [0.5, 0.6) is 5.75 Å². The number of thiophene rings is 1. The van der Waals surface area contributed by atoms with Crippen LogP contribution in [0.25, 0.3) is 93.0 Å². The molecule has 346 valence electrons. The Bertz CT molecular complexity index is 3590. The fraction of sp³-hybridized carbons (Fsp3) is 0.254. The quantitative estimate of drug-likeness (QED) is 0.180. The largest absolute Gasteiger partial charge is 0.507 e. The van der Waals surface area contributed by atoms with E-state index in [-0.39, 0.29) is 27.4 Å². The highest BCUT2D eigenvalue weighted by Crippen LogP contribution is 2.47. The van der Waals surface area contributed by atoms with Crippen LogP contribution in [0.1, 0.15) is 105 Å². The number of aromatic hydroxyl groups is 1. The number of rotatable bonds is 6. The molecule has 6 heteroatoms. The Labute approximate surface area is 411 Å². The highest BCUT2D eigenvalue weighted by Gasteiger charge is 2.30. The third kappa shape index (κ3) is 8.43. The van der Waals surface area contributed by atoms with Crippen molar-refractivity contribution < 1.29 is 5.11 Å². The minimum Gasteiger partial charge on any atom is -0.507 e. The smallest absolute Gasteiger partial charge is 0.149 e. The van der Waals surface area contributed by atoms with Crippen molar-refractivity contribution in [3.63, 3.8) is 0 Å². The molecule has 10 aromatic rings. The van der Waals surface area contributed by atoms with Crippen molar-refractivity contribution in [1.29, 1.82) is 0 Å². The van der Waals surface area contributed by atoms with Gasteiger partial charge < -0.3 is 5.11 Å². The lowest BCUT2D eigenvalue weighted by Crippen LogP contribution is -2.17. The first kappa shape index (κ1) is 45.9. The zero-order chi connectivity index (χ0) is 48.8. The van der Waals surface area contributed by atoms with Gasteiger partial charge >= 0.3 is 0 Å². The predicted molar refractivity (Wildman–Crippen MR) is 293 cm³/mol. The molecule has 0 saturated carbocycles. The Morgan fingerprint density at radius 2 is 1.10 bits per heavy atom. The van der Waals surface area contributed by atoms with Crippen LogP contribution in [-0.2, 0) is 21.7 Å². The zero-order valence-electron chi connectivity index (χ0n) is 42.1. The molecule has 0 aliphatic heterocycles. The molecule has 0 saturated heterocycles. The highest BCUT2D eigenvalue weighted by molar-refractivity contribution is 7.26. The van der Waals surface area contributed by atoms with E-state index in [1.165, 1.54) is 27.0 Å². The fourth-order valence-electron chi connectivity index (χ4n) is 9.56. The summed E-state index contributed by atoms with van der Waals surface area (Å²) in [6.45, 7) is 26.8. The molecule has 0 aliphatic carbocycles. The second-order valence-electron chi connectivity index (χ2n) is 22.8. The Morgan fingerprint density at radius 3 is 1.77 bits per heavy atom. The number of nitrogens with zero attached hydrogens (tertiary/aromatic N) is 4. The standard InChI is InChI=1S/C63H62N4OS/c1-60(2,3)43-27-29-51(48(34-43)39-22-17-14-18-23-39)67-52-25-19-24-46(55(52)66-59(67)49-35-45(62(7,8)9)36-50(57(49)68)63(10,11)12)41-30-42(32-44(31-41)61(4,5)6)54-58-56(65-37-64-54)47-28-26-40(33-53(47)69-58)38-20-15-13-16-21-38/h13-37,68H,1-12H3. The maximum atomic E-state index is 12.6. The number of benzene rings is 7. The number of para-hydroxylation sites is 1. The van der Waals surface area contributed by atoms with Crippen molar-refractivity contribution >= 4 is 42.7 Å². The summed E-state index contributed by atoms with van der Waals surface area (Å²) in [6.07, 6.45) is 1.71. The average molecular weight is 923 g/mol. The van der Waals surface area contributed by atoms with Crippen molar-refractivity contribution in [3.05, 3.63) is 174 Å². The third-order valence-electron chi connectivity index (χ3n) is 13.6. The molecule has 0 bridgehead atoms. The molecular formula is C63H62N4OS. The van der Waals surface area contributed by atoms with Gasteiger partial charge in [-0.1, -0.05) is 186 Å². The van der Waals surface area contributed by atoms with Crippen molar-refractivity contribution in [2.24, 2.45) is 0 Å². The lowest BCUT2D eigenvalue weighted by molar-refractivity contribution is 0.446. The molecule has 0 fully saturated rings. The van der Waals surface area contributed by atoms with E-state index in [1.54, 1.807) is 17.7 Å². The third-order valence-corrected chi connectivity index (χ3v) is 14.8. The maximum Gasteiger partial charge on any atom is 0.149 e. The normalized spacial score (nSPS) is 12.7. The number of aromatic nitrogens is 4. The Hall–Kier alpha value is -6.89. The molecule has 69 heavy (non-hydrogen) atoms. The van der Waals surface area contributed by atoms with Crippen molar-refractivity contribution in [2.75, 3.05) is 0 Å². The van der Waals surface area contributed by atoms with E-state index in [9.17, 15) is 5.11 Å². The van der Waals surface area contributed by atoms with Crippen molar-refractivity contribution in [3.8, 4) is 67.5 Å². The summed E-state index contributed by atoms with van der Waals surface area (Å²) < 4.78 is 4.54. The average Bonchev–Trinajstić information content (AvgIpc) is 3.89. The lowest BCUT2D eigenvalue weighted by Gasteiger charge is -2.28. The van der Waals surface area contributed by atoms with Crippen LogP contribution in [0.3, 0.4) is 0 Å². The van der Waals surface area contributed by atoms with Crippen LogP contribution < -0.4 is 0 Å². The number of phenolic OH excluding ortho intramolecular Hbond substituents is 1. The van der Waals surface area contributed by atoms with E-state index in [4.69, 9.17) is 15.0 Å². The molecular weight excluding hydrogens is 861 g/mol. The summed E-state index contributed by atoms with van der Waals surface area (Å²) in [5.74, 6) is 0.947. The summed E-state index contributed by atoms with van der Waals surface area (Å²) >= 11 is 1.75. The van der Waals surface area contributed by atoms with Crippen LogP contribution in [0, 0.1) is 0 Å². The molecule has 5 nitrogen and oxygen atoms in total. The highest BCUT2D eigenvalue weighted by atomic mass is 32.1. The van der Waals surface area contributed by atoms with E-state index in [0.717, 1.165) is 77.0 Å². The molecule has 0 spiro atoms. The molecule has 0 amide bonds. The van der Waals surface area contributed by atoms with E-state index in [1.807, 2.05) is 0 Å². The van der Waals surface area contributed by atoms with Crippen molar-refractivity contribution in [2.45, 2.75) is 105 Å². The van der Waals surface area contributed by atoms with Gasteiger partial charge in [-0.2, -0.15) is 0 Å². The molecule has 3 aromatic heterocycles. The van der Waals surface area contributed by atoms with Crippen LogP contribution in [0.4, 0.5) is 0 Å². The number of hydrogen-bond donors (Lipinski definition) is 1. The van der Waals surface area contributed by atoms with Gasteiger partial charge in [0.25, 0.3) is 0 Å². The summed E-state index contributed by atoms with van der Waals surface area (Å²) in [6, 6.07) is 52.5. The molecule has 0 atom stereocenters. The van der Waals surface area contributed by atoms with Gasteiger partial charge in [-0.15, -0.1) is 11.3 Å². The van der Waals surface area contributed by atoms with Crippen molar-refractivity contribution in [1.82, 2.24) is 19.5 Å². The first-order valence-electron chi connectivity index (χ1n) is 24.1. The monoisotopic (exact) mass is 922 g/mol. The minimum atomic E-state index is -0.333. The minimum absolute atomic E-state index is 0.0814. The van der Waals surface area contributed by atoms with Crippen LogP contribution >= 0.6 is 11.3 Å². The van der Waals surface area contributed by atoms with Crippen LogP contribution in [-0.4, -0.2) is 24.6 Å². The predicted octanol–water partition coefficient (Wildman–Crippen LogP) is 17.4. The molecule has 1 N–H and O–H groups in total. The zero-order valence-corrected chi connectivity index (χ0v) is 42.9. The first-order valence-corrected chi connectivity index (χ1v) is 25.0. The van der Waals surface area contributed by atoms with E-state index >= 15 is 0 Å². The number of fused-ring (bicyclic) bond motifs is 4. The van der Waals surface area contributed by atoms with Gasteiger partial charge in [-0.05, 0) is 103 Å². The number of imidazole rings is 1. The van der Waals surface area contributed by atoms with Gasteiger partial charge in [-0.3, -0.25) is 4.57 Å². The Kier molecular flexibility index (Phi) is 11.1. The Balaban J connectivity index is 1.26. The van der Waals surface area contributed by atoms with Gasteiger partial charge in [0.15, 0.2) is 0 Å². The second-order valence-corrected chi connectivity index (χ2v) is 23.9. The molecule has 0 aliphatic rings. The number of hydrogen-bond acceptors (Lipinski definition) is 5. The van der Waals surface area contributed by atoms with E-state index < -0.39 is 0 Å². The molecule has 0 unspecified atom stereocenters. The summed E-state index contributed by atoms with van der Waals surface area (Å²) in [4.78, 5) is 15.7. The second kappa shape index (κ2) is 16.7. The lowest BCUT2D eigenvalue weighted by atomic mass is 9.79. The summed E-state index contributed by atoms with van der Waals surface area (Å²) in [5, 5.41) is 13.8. The summed E-state index contributed by atoms with van der Waals surface area (Å²) in [7, 11) is 0. The van der Waals surface area contributed by atoms with Gasteiger partial charge in [0, 0.05) is 32.3 Å². The SMILES string of the molecule is CC(C)(C)c1cc(-c2cccc3c2nc(-c2cc(C(C)(C)C)cc(C(C)(C)C)c2O)n3-c2ccc(C(C)(C)C)cc2-c2ccccc2)cc(-c2ncnc3c2sc2cc(-c4ccccc4)ccc23)c1. The topological polar surface area (TPSA) is 63.8 Å². The molecule has 7 aromatic carbocycles.